The molecule has 150 valence electrons. The number of hydrogen-bond donors (Lipinski definition) is 1. The summed E-state index contributed by atoms with van der Waals surface area (Å²) in [6, 6.07) is 13.6. The zero-order valence-corrected chi connectivity index (χ0v) is 19.1. The van der Waals surface area contributed by atoms with Crippen LogP contribution in [-0.2, 0) is 13.2 Å². The molecule has 0 saturated carbocycles. The van der Waals surface area contributed by atoms with Crippen molar-refractivity contribution in [3.05, 3.63) is 63.6 Å². The molecule has 2 aromatic carbocycles. The fourth-order valence-corrected chi connectivity index (χ4v) is 3.70. The molecule has 2 nitrogen and oxygen atoms in total. The van der Waals surface area contributed by atoms with Crippen LogP contribution in [0.3, 0.4) is 0 Å². The van der Waals surface area contributed by atoms with E-state index in [0.717, 1.165) is 24.3 Å². The zero-order chi connectivity index (χ0) is 19.4. The second kappa shape index (κ2) is 10.0. The van der Waals surface area contributed by atoms with E-state index in [9.17, 15) is 0 Å². The van der Waals surface area contributed by atoms with Gasteiger partial charge < -0.3 is 10.1 Å². The number of ether oxygens (including phenoxy) is 1. The van der Waals surface area contributed by atoms with Gasteiger partial charge in [-0.3, -0.25) is 0 Å². The third-order valence-corrected chi connectivity index (χ3v) is 4.66. The summed E-state index contributed by atoms with van der Waals surface area (Å²) in [4.78, 5) is 0. The van der Waals surface area contributed by atoms with E-state index < -0.39 is 0 Å². The summed E-state index contributed by atoms with van der Waals surface area (Å²) in [7, 11) is 0. The van der Waals surface area contributed by atoms with Gasteiger partial charge in [0.25, 0.3) is 0 Å². The molecule has 2 aromatic rings. The van der Waals surface area contributed by atoms with E-state index >= 15 is 0 Å². The molecule has 1 N–H and O–H groups in total. The summed E-state index contributed by atoms with van der Waals surface area (Å²) in [6.07, 6.45) is 1.11. The van der Waals surface area contributed by atoms with Gasteiger partial charge in [-0.1, -0.05) is 62.2 Å². The van der Waals surface area contributed by atoms with E-state index in [-0.39, 0.29) is 17.9 Å². The van der Waals surface area contributed by atoms with Gasteiger partial charge in [0.15, 0.2) is 0 Å². The molecule has 5 heteroatoms. The lowest BCUT2D eigenvalue weighted by Crippen LogP contribution is -2.41. The average molecular weight is 431 g/mol. The lowest BCUT2D eigenvalue weighted by atomic mass is 9.82. The molecule has 0 fully saturated rings. The minimum atomic E-state index is 0. The Morgan fingerprint density at radius 1 is 0.926 bits per heavy atom. The summed E-state index contributed by atoms with van der Waals surface area (Å²) >= 11 is 12.1. The molecule has 0 atom stereocenters. The van der Waals surface area contributed by atoms with Crippen molar-refractivity contribution in [3.63, 3.8) is 0 Å². The van der Waals surface area contributed by atoms with Crippen molar-refractivity contribution < 1.29 is 4.74 Å². The van der Waals surface area contributed by atoms with Gasteiger partial charge in [-0.05, 0) is 55.5 Å². The predicted molar refractivity (Wildman–Crippen MR) is 119 cm³/mol. The first-order valence-electron chi connectivity index (χ1n) is 8.95. The fourth-order valence-electron chi connectivity index (χ4n) is 3.23. The van der Waals surface area contributed by atoms with Crippen molar-refractivity contribution in [1.29, 1.82) is 0 Å². The molecule has 0 amide bonds. The summed E-state index contributed by atoms with van der Waals surface area (Å²) in [6.45, 7) is 12.6. The number of nitrogens with one attached hydrogen (secondary N) is 1. The monoisotopic (exact) mass is 429 g/mol. The molecular formula is C22H30Cl3NO. The van der Waals surface area contributed by atoms with E-state index in [1.54, 1.807) is 6.07 Å². The van der Waals surface area contributed by atoms with Crippen LogP contribution in [0.1, 0.15) is 52.2 Å². The fraction of sp³-hybridized carbons (Fsp3) is 0.455. The van der Waals surface area contributed by atoms with Crippen molar-refractivity contribution in [3.8, 4) is 5.75 Å². The molecule has 0 aromatic heterocycles. The number of benzene rings is 2. The Bertz CT molecular complexity index is 721. The van der Waals surface area contributed by atoms with Crippen LogP contribution in [-0.4, -0.2) is 5.54 Å². The summed E-state index contributed by atoms with van der Waals surface area (Å²) in [5.41, 5.74) is 2.56. The van der Waals surface area contributed by atoms with Crippen LogP contribution >= 0.6 is 35.6 Å². The SMILES string of the molecule is CC(C)(C)CC(C)(C)NCc1ccc(OCc2ccc(Cl)cc2Cl)cc1.Cl. The third kappa shape index (κ3) is 8.74. The molecule has 27 heavy (non-hydrogen) atoms. The highest BCUT2D eigenvalue weighted by atomic mass is 35.5. The van der Waals surface area contributed by atoms with Crippen LogP contribution < -0.4 is 10.1 Å². The van der Waals surface area contributed by atoms with Gasteiger partial charge in [0, 0.05) is 27.7 Å². The molecule has 0 heterocycles. The lowest BCUT2D eigenvalue weighted by Gasteiger charge is -2.33. The van der Waals surface area contributed by atoms with Crippen molar-refractivity contribution >= 4 is 35.6 Å². The molecule has 2 rings (SSSR count). The van der Waals surface area contributed by atoms with Gasteiger partial charge in [0.05, 0.1) is 0 Å². The maximum atomic E-state index is 6.18. The molecule has 0 aliphatic rings. The maximum Gasteiger partial charge on any atom is 0.119 e. The van der Waals surface area contributed by atoms with Crippen molar-refractivity contribution in [2.24, 2.45) is 5.41 Å². The van der Waals surface area contributed by atoms with Crippen LogP contribution in [0.5, 0.6) is 5.75 Å². The molecule has 0 saturated heterocycles. The van der Waals surface area contributed by atoms with Crippen LogP contribution in [0.25, 0.3) is 0 Å². The number of hydrogen-bond acceptors (Lipinski definition) is 2. The standard InChI is InChI=1S/C22H29Cl2NO.ClH/c1-21(2,3)15-22(4,5)25-13-16-6-10-19(11-7-16)26-14-17-8-9-18(23)12-20(17)24;/h6-12,25H,13-15H2,1-5H3;1H. The maximum absolute atomic E-state index is 6.18. The van der Waals surface area contributed by atoms with Crippen LogP contribution in [0.2, 0.25) is 10.0 Å². The van der Waals surface area contributed by atoms with Crippen LogP contribution in [0.15, 0.2) is 42.5 Å². The van der Waals surface area contributed by atoms with Gasteiger partial charge in [0.1, 0.15) is 12.4 Å². The minimum absolute atomic E-state index is 0. The van der Waals surface area contributed by atoms with E-state index in [1.165, 1.54) is 5.56 Å². The van der Waals surface area contributed by atoms with Gasteiger partial charge in [-0.25, -0.2) is 0 Å². The van der Waals surface area contributed by atoms with Gasteiger partial charge in [-0.2, -0.15) is 0 Å². The highest BCUT2D eigenvalue weighted by molar-refractivity contribution is 6.35. The largest absolute Gasteiger partial charge is 0.489 e. The summed E-state index contributed by atoms with van der Waals surface area (Å²) in [5.74, 6) is 0.828. The summed E-state index contributed by atoms with van der Waals surface area (Å²) in [5, 5.41) is 4.91. The Hall–Kier alpha value is -0.930. The molecule has 0 aliphatic heterocycles. The molecule has 0 spiro atoms. The van der Waals surface area contributed by atoms with Gasteiger partial charge in [-0.15, -0.1) is 12.4 Å². The molecule has 0 aliphatic carbocycles. The Kier molecular flexibility index (Phi) is 8.95. The second-order valence-electron chi connectivity index (χ2n) is 8.64. The Labute approximate surface area is 180 Å². The van der Waals surface area contributed by atoms with Crippen LogP contribution in [0, 0.1) is 5.41 Å². The van der Waals surface area contributed by atoms with Crippen molar-refractivity contribution in [2.45, 2.75) is 59.7 Å². The predicted octanol–water partition coefficient (Wildman–Crippen LogP) is 7.30. The van der Waals surface area contributed by atoms with Crippen molar-refractivity contribution in [1.82, 2.24) is 5.32 Å². The van der Waals surface area contributed by atoms with E-state index in [0.29, 0.717) is 22.1 Å². The Morgan fingerprint density at radius 3 is 2.11 bits per heavy atom. The highest BCUT2D eigenvalue weighted by Gasteiger charge is 2.24. The van der Waals surface area contributed by atoms with E-state index in [4.69, 9.17) is 27.9 Å². The van der Waals surface area contributed by atoms with E-state index in [1.807, 2.05) is 24.3 Å². The second-order valence-corrected chi connectivity index (χ2v) is 9.49. The first-order chi connectivity index (χ1) is 12.0. The third-order valence-electron chi connectivity index (χ3n) is 4.08. The number of halogens is 3. The first-order valence-corrected chi connectivity index (χ1v) is 9.70. The Balaban J connectivity index is 0.00000364. The molecule has 0 radical (unpaired) electrons. The first kappa shape index (κ1) is 24.1. The summed E-state index contributed by atoms with van der Waals surface area (Å²) < 4.78 is 5.83. The lowest BCUT2D eigenvalue weighted by molar-refractivity contribution is 0.240. The molecule has 0 bridgehead atoms. The average Bonchev–Trinajstić information content (AvgIpc) is 2.51. The normalized spacial score (nSPS) is 11.8. The quantitative estimate of drug-likeness (QED) is 0.497. The molecule has 0 unspecified atom stereocenters. The highest BCUT2D eigenvalue weighted by Crippen LogP contribution is 2.27. The topological polar surface area (TPSA) is 21.3 Å². The van der Waals surface area contributed by atoms with Crippen LogP contribution in [0.4, 0.5) is 0 Å². The molecular weight excluding hydrogens is 401 g/mol. The Morgan fingerprint density at radius 2 is 1.56 bits per heavy atom. The van der Waals surface area contributed by atoms with Gasteiger partial charge >= 0.3 is 0 Å². The number of rotatable bonds is 7. The minimum Gasteiger partial charge on any atom is -0.489 e. The van der Waals surface area contributed by atoms with Crippen molar-refractivity contribution in [2.75, 3.05) is 0 Å². The van der Waals surface area contributed by atoms with Gasteiger partial charge in [0.2, 0.25) is 0 Å². The smallest absolute Gasteiger partial charge is 0.119 e. The van der Waals surface area contributed by atoms with E-state index in [2.05, 4.69) is 52.1 Å². The zero-order valence-electron chi connectivity index (χ0n) is 16.7.